The number of benzene rings is 1. The minimum Gasteiger partial charge on any atom is -0.288 e. The van der Waals surface area contributed by atoms with Crippen molar-refractivity contribution in [1.29, 1.82) is 0 Å². The fourth-order valence-corrected chi connectivity index (χ4v) is 1.63. The Kier molecular flexibility index (Phi) is 5.19. The Hall–Kier alpha value is -1.16. The van der Waals surface area contributed by atoms with Gasteiger partial charge in [0.2, 0.25) is 0 Å². The number of alkyl halides is 2. The highest BCUT2D eigenvalue weighted by Gasteiger charge is 2.09. The van der Waals surface area contributed by atoms with Crippen molar-refractivity contribution in [2.24, 2.45) is 0 Å². The van der Waals surface area contributed by atoms with Gasteiger partial charge in [0, 0.05) is 18.2 Å². The van der Waals surface area contributed by atoms with Crippen LogP contribution in [-0.4, -0.2) is 10.9 Å². The maximum absolute atomic E-state index is 12.6. The van der Waals surface area contributed by atoms with Crippen LogP contribution in [0.5, 0.6) is 0 Å². The summed E-state index contributed by atoms with van der Waals surface area (Å²) < 4.78 is 25.1. The molecular formula is C12H12F2OS. The highest BCUT2D eigenvalue weighted by atomic mass is 32.2. The third-order valence-electron chi connectivity index (χ3n) is 1.91. The number of rotatable bonds is 4. The van der Waals surface area contributed by atoms with Crippen LogP contribution in [0, 0.1) is 0 Å². The monoisotopic (exact) mass is 242 g/mol. The van der Waals surface area contributed by atoms with Crippen LogP contribution >= 0.6 is 11.8 Å². The molecule has 0 heterocycles. The van der Waals surface area contributed by atoms with E-state index in [2.05, 4.69) is 0 Å². The number of carbonyl (C=O) groups is 1. The zero-order chi connectivity index (χ0) is 12.0. The van der Waals surface area contributed by atoms with Gasteiger partial charge in [-0.15, -0.1) is 0 Å². The summed E-state index contributed by atoms with van der Waals surface area (Å²) in [6.07, 6.45) is 0.867. The van der Waals surface area contributed by atoms with Crippen LogP contribution in [0.3, 0.4) is 0 Å². The Morgan fingerprint density at radius 2 is 2.12 bits per heavy atom. The fraction of sp³-hybridized carbons (Fsp3) is 0.250. The molecule has 0 saturated carbocycles. The van der Waals surface area contributed by atoms with Crippen LogP contribution in [0.2, 0.25) is 0 Å². The van der Waals surface area contributed by atoms with Gasteiger partial charge in [0.25, 0.3) is 6.43 Å². The average Bonchev–Trinajstić information content (AvgIpc) is 2.24. The molecule has 1 nitrogen and oxygen atoms in total. The topological polar surface area (TPSA) is 17.1 Å². The molecule has 86 valence electrons. The van der Waals surface area contributed by atoms with E-state index in [1.165, 1.54) is 13.0 Å². The predicted octanol–water partition coefficient (Wildman–Crippen LogP) is 3.92. The van der Waals surface area contributed by atoms with Crippen LogP contribution in [0.1, 0.15) is 24.5 Å². The Labute approximate surface area is 97.5 Å². The number of halogens is 2. The largest absolute Gasteiger partial charge is 0.288 e. The molecule has 0 amide bonds. The molecule has 1 aromatic carbocycles. The van der Waals surface area contributed by atoms with Crippen LogP contribution < -0.4 is 0 Å². The highest BCUT2D eigenvalue weighted by Crippen LogP contribution is 2.23. The van der Waals surface area contributed by atoms with Gasteiger partial charge in [-0.25, -0.2) is 8.78 Å². The lowest BCUT2D eigenvalue weighted by atomic mass is 10.1. The van der Waals surface area contributed by atoms with Crippen molar-refractivity contribution >= 4 is 23.0 Å². The number of thioether (sulfide) groups is 1. The SMILES string of the molecule is CC(=O)SCC=Cc1ccccc1C(F)F. The van der Waals surface area contributed by atoms with Crippen molar-refractivity contribution in [2.75, 3.05) is 5.75 Å². The van der Waals surface area contributed by atoms with Crippen molar-refractivity contribution in [2.45, 2.75) is 13.3 Å². The summed E-state index contributed by atoms with van der Waals surface area (Å²) in [5.41, 5.74) is 0.522. The summed E-state index contributed by atoms with van der Waals surface area (Å²) in [5.74, 6) is 0.507. The van der Waals surface area contributed by atoms with Crippen molar-refractivity contribution in [3.05, 3.63) is 41.5 Å². The maximum Gasteiger partial charge on any atom is 0.264 e. The second-order valence-electron chi connectivity index (χ2n) is 3.13. The zero-order valence-electron chi connectivity index (χ0n) is 8.82. The van der Waals surface area contributed by atoms with E-state index in [0.29, 0.717) is 11.3 Å². The predicted molar refractivity (Wildman–Crippen MR) is 63.6 cm³/mol. The number of hydrogen-bond donors (Lipinski definition) is 0. The van der Waals surface area contributed by atoms with Crippen molar-refractivity contribution in [3.63, 3.8) is 0 Å². The summed E-state index contributed by atoms with van der Waals surface area (Å²) in [6.45, 7) is 1.48. The summed E-state index contributed by atoms with van der Waals surface area (Å²) in [4.78, 5) is 10.6. The molecule has 0 unspecified atom stereocenters. The minimum absolute atomic E-state index is 0.0200. The van der Waals surface area contributed by atoms with Gasteiger partial charge in [-0.2, -0.15) is 0 Å². The quantitative estimate of drug-likeness (QED) is 0.796. The number of hydrogen-bond acceptors (Lipinski definition) is 2. The lowest BCUT2D eigenvalue weighted by Gasteiger charge is -2.03. The van der Waals surface area contributed by atoms with Gasteiger partial charge >= 0.3 is 0 Å². The second-order valence-corrected chi connectivity index (χ2v) is 4.33. The first-order valence-corrected chi connectivity index (χ1v) is 5.77. The molecule has 0 bridgehead atoms. The minimum atomic E-state index is -2.47. The van der Waals surface area contributed by atoms with E-state index < -0.39 is 6.43 Å². The third kappa shape index (κ3) is 4.14. The lowest BCUT2D eigenvalue weighted by molar-refractivity contribution is -0.109. The molecule has 0 saturated heterocycles. The standard InChI is InChI=1S/C12H12F2OS/c1-9(15)16-8-4-6-10-5-2-3-7-11(10)12(13)14/h2-7,12H,8H2,1H3. The molecule has 0 radical (unpaired) electrons. The van der Waals surface area contributed by atoms with Crippen molar-refractivity contribution in [3.8, 4) is 0 Å². The molecular weight excluding hydrogens is 230 g/mol. The smallest absolute Gasteiger partial charge is 0.264 e. The molecule has 0 N–H and O–H groups in total. The van der Waals surface area contributed by atoms with Crippen LogP contribution in [0.15, 0.2) is 30.3 Å². The summed E-state index contributed by atoms with van der Waals surface area (Å²) in [5, 5.41) is 0.0202. The first-order chi connectivity index (χ1) is 7.61. The Morgan fingerprint density at radius 1 is 1.44 bits per heavy atom. The van der Waals surface area contributed by atoms with E-state index in [9.17, 15) is 13.6 Å². The van der Waals surface area contributed by atoms with Crippen molar-refractivity contribution < 1.29 is 13.6 Å². The molecule has 0 aliphatic heterocycles. The van der Waals surface area contributed by atoms with Crippen molar-refractivity contribution in [1.82, 2.24) is 0 Å². The maximum atomic E-state index is 12.6. The molecule has 0 atom stereocenters. The second kappa shape index (κ2) is 6.43. The van der Waals surface area contributed by atoms with Crippen LogP contribution in [0.25, 0.3) is 6.08 Å². The molecule has 4 heteroatoms. The van der Waals surface area contributed by atoms with Gasteiger partial charge in [-0.05, 0) is 5.56 Å². The fourth-order valence-electron chi connectivity index (χ4n) is 1.20. The summed E-state index contributed by atoms with van der Waals surface area (Å²) in [6, 6.07) is 6.34. The third-order valence-corrected chi connectivity index (χ3v) is 2.68. The van der Waals surface area contributed by atoms with Gasteiger partial charge in [0.1, 0.15) is 0 Å². The Balaban J connectivity index is 2.69. The normalized spacial score (nSPS) is 11.2. The summed E-state index contributed by atoms with van der Waals surface area (Å²) >= 11 is 1.15. The van der Waals surface area contributed by atoms with E-state index in [4.69, 9.17) is 0 Å². The molecule has 1 aromatic rings. The molecule has 0 spiro atoms. The number of carbonyl (C=O) groups excluding carboxylic acids is 1. The van der Waals surface area contributed by atoms with E-state index >= 15 is 0 Å². The summed E-state index contributed by atoms with van der Waals surface area (Å²) in [7, 11) is 0. The molecule has 0 aliphatic carbocycles. The lowest BCUT2D eigenvalue weighted by Crippen LogP contribution is -1.88. The van der Waals surface area contributed by atoms with E-state index in [1.807, 2.05) is 0 Å². The molecule has 1 rings (SSSR count). The molecule has 16 heavy (non-hydrogen) atoms. The van der Waals surface area contributed by atoms with Crippen LogP contribution in [-0.2, 0) is 4.79 Å². The zero-order valence-corrected chi connectivity index (χ0v) is 9.64. The molecule has 0 fully saturated rings. The van der Waals surface area contributed by atoms with Gasteiger partial charge in [-0.3, -0.25) is 4.79 Å². The Morgan fingerprint density at radius 3 is 2.75 bits per heavy atom. The van der Waals surface area contributed by atoms with E-state index in [1.54, 1.807) is 30.4 Å². The first kappa shape index (κ1) is 12.9. The van der Waals surface area contributed by atoms with E-state index in [0.717, 1.165) is 11.8 Å². The van der Waals surface area contributed by atoms with Crippen LogP contribution in [0.4, 0.5) is 8.78 Å². The highest BCUT2D eigenvalue weighted by molar-refractivity contribution is 8.13. The molecule has 0 aliphatic rings. The molecule has 0 aromatic heterocycles. The van der Waals surface area contributed by atoms with Gasteiger partial charge < -0.3 is 0 Å². The average molecular weight is 242 g/mol. The Bertz CT molecular complexity index is 388. The van der Waals surface area contributed by atoms with Gasteiger partial charge in [0.05, 0.1) is 0 Å². The van der Waals surface area contributed by atoms with E-state index in [-0.39, 0.29) is 10.7 Å². The first-order valence-electron chi connectivity index (χ1n) is 4.78. The van der Waals surface area contributed by atoms with Gasteiger partial charge in [-0.1, -0.05) is 48.2 Å². The van der Waals surface area contributed by atoms with Gasteiger partial charge in [0.15, 0.2) is 5.12 Å².